The van der Waals surface area contributed by atoms with E-state index < -0.39 is 12.0 Å². The predicted octanol–water partition coefficient (Wildman–Crippen LogP) is -2.47. The molecule has 8 nitrogen and oxygen atoms in total. The maximum absolute atomic E-state index is 12.7. The number of piperazine rings is 1. The van der Waals surface area contributed by atoms with Gasteiger partial charge in [0.05, 0.1) is 12.5 Å². The van der Waals surface area contributed by atoms with Crippen LogP contribution in [0.1, 0.15) is 60.8 Å². The number of carbonyl (C=O) groups is 2. The molecule has 0 bridgehead atoms. The third-order valence-corrected chi connectivity index (χ3v) is 6.10. The van der Waals surface area contributed by atoms with E-state index in [-0.39, 0.29) is 53.5 Å². The van der Waals surface area contributed by atoms with Crippen LogP contribution in [0.4, 0.5) is 0 Å². The minimum absolute atomic E-state index is 0. The van der Waals surface area contributed by atoms with Gasteiger partial charge < -0.3 is 30.8 Å². The van der Waals surface area contributed by atoms with Gasteiger partial charge in [0.1, 0.15) is 0 Å². The van der Waals surface area contributed by atoms with E-state index in [1.54, 1.807) is 0 Å². The van der Waals surface area contributed by atoms with Gasteiger partial charge in [0.25, 0.3) is 0 Å². The summed E-state index contributed by atoms with van der Waals surface area (Å²) >= 11 is 0. The number of carboxylic acid groups (broad SMARTS) is 1. The zero-order valence-corrected chi connectivity index (χ0v) is 25.2. The number of rotatable bonds is 16. The molecule has 194 valence electrons. The van der Waals surface area contributed by atoms with E-state index in [1.807, 2.05) is 13.8 Å². The Morgan fingerprint density at radius 2 is 1.29 bits per heavy atom. The Labute approximate surface area is 230 Å². The molecule has 1 rings (SSSR count). The molecule has 34 heavy (non-hydrogen) atoms. The van der Waals surface area contributed by atoms with Crippen molar-refractivity contribution in [2.24, 2.45) is 17.8 Å². The summed E-state index contributed by atoms with van der Waals surface area (Å²) in [5.74, 6) is 0.269. The zero-order chi connectivity index (χ0) is 25.0. The van der Waals surface area contributed by atoms with Crippen molar-refractivity contribution in [3.05, 3.63) is 0 Å². The average Bonchev–Trinajstić information content (AvgIpc) is 2.69. The van der Waals surface area contributed by atoms with Crippen LogP contribution in [0.2, 0.25) is 0 Å². The van der Waals surface area contributed by atoms with Gasteiger partial charge in [0.15, 0.2) is 0 Å². The second kappa shape index (κ2) is 18.1. The van der Waals surface area contributed by atoms with Gasteiger partial charge in [-0.3, -0.25) is 9.69 Å². The number of nitrogens with one attached hydrogen (secondary N) is 3. The summed E-state index contributed by atoms with van der Waals surface area (Å²) in [6.45, 7) is 18.2. The third kappa shape index (κ3) is 15.7. The summed E-state index contributed by atoms with van der Waals surface area (Å²) in [5, 5.41) is 21.6. The number of likely N-dealkylation sites (N-methyl/N-ethyl adjacent to an activating group) is 1. The average molecular weight is 492 g/mol. The Hall–Kier alpha value is -0.220. The topological polar surface area (TPSA) is 99.8 Å². The summed E-state index contributed by atoms with van der Waals surface area (Å²) in [6, 6.07) is -0.466. The molecule has 1 fully saturated rings. The van der Waals surface area contributed by atoms with Crippen LogP contribution >= 0.6 is 0 Å². The Balaban J connectivity index is 0.0000109. The molecule has 0 aromatic heterocycles. The molecule has 0 aromatic rings. The van der Waals surface area contributed by atoms with Crippen molar-refractivity contribution in [3.8, 4) is 0 Å². The maximum Gasteiger partial charge on any atom is 1.00 e. The van der Waals surface area contributed by atoms with Gasteiger partial charge in [-0.2, -0.15) is 0 Å². The number of nitrogens with zero attached hydrogens (tertiary/aromatic N) is 2. The molecular weight excluding hydrogens is 441 g/mol. The molecule has 0 radical (unpaired) electrons. The number of aliphatic carboxylic acids is 1. The number of amides is 1. The number of hydrogen-bond acceptors (Lipinski definition) is 7. The fraction of sp³-hybridized carbons (Fsp3) is 0.920. The van der Waals surface area contributed by atoms with E-state index >= 15 is 0 Å². The quantitative estimate of drug-likeness (QED) is 0.206. The summed E-state index contributed by atoms with van der Waals surface area (Å²) in [6.07, 6.45) is 2.38. The van der Waals surface area contributed by atoms with E-state index in [0.717, 1.165) is 39.0 Å². The van der Waals surface area contributed by atoms with E-state index in [1.165, 1.54) is 0 Å². The molecular formula is C25H50N5NaO3. The molecule has 0 saturated carbocycles. The van der Waals surface area contributed by atoms with Crippen molar-refractivity contribution in [1.29, 1.82) is 0 Å². The number of carbonyl (C=O) groups excluding carboxylic acids is 2. The maximum atomic E-state index is 12.7. The molecule has 9 heteroatoms. The Morgan fingerprint density at radius 1 is 0.794 bits per heavy atom. The molecule has 3 atom stereocenters. The van der Waals surface area contributed by atoms with Crippen LogP contribution in [0.15, 0.2) is 0 Å². The summed E-state index contributed by atoms with van der Waals surface area (Å²) < 4.78 is 0. The van der Waals surface area contributed by atoms with Gasteiger partial charge >= 0.3 is 29.6 Å². The van der Waals surface area contributed by atoms with Crippen LogP contribution in [0, 0.1) is 17.8 Å². The van der Waals surface area contributed by atoms with Gasteiger partial charge in [0.2, 0.25) is 5.91 Å². The SMILES string of the molecule is CC(C)C[C@@H](CN[C@@H](CC(C)C)C(=O)[O-])NC[C@H](CC(C)C)NC(=O)CN1CCN(C)CC1.[Na+]. The van der Waals surface area contributed by atoms with Crippen LogP contribution < -0.4 is 50.6 Å². The van der Waals surface area contributed by atoms with Crippen molar-refractivity contribution in [2.45, 2.75) is 78.9 Å². The fourth-order valence-corrected chi connectivity index (χ4v) is 4.38. The minimum atomic E-state index is -1.04. The van der Waals surface area contributed by atoms with Gasteiger partial charge in [-0.25, -0.2) is 0 Å². The van der Waals surface area contributed by atoms with Gasteiger partial charge in [-0.15, -0.1) is 0 Å². The monoisotopic (exact) mass is 491 g/mol. The van der Waals surface area contributed by atoms with E-state index in [4.69, 9.17) is 0 Å². The summed E-state index contributed by atoms with van der Waals surface area (Å²) in [5.41, 5.74) is 0. The van der Waals surface area contributed by atoms with E-state index in [2.05, 4.69) is 60.5 Å². The van der Waals surface area contributed by atoms with Crippen LogP contribution in [-0.2, 0) is 9.59 Å². The first-order chi connectivity index (χ1) is 15.5. The Morgan fingerprint density at radius 3 is 1.79 bits per heavy atom. The van der Waals surface area contributed by atoms with Gasteiger partial charge in [-0.1, -0.05) is 41.5 Å². The molecule has 3 N–H and O–H groups in total. The van der Waals surface area contributed by atoms with Gasteiger partial charge in [-0.05, 0) is 44.1 Å². The normalized spacial score (nSPS) is 18.1. The molecule has 1 aliphatic rings. The molecule has 0 unspecified atom stereocenters. The number of carboxylic acids is 1. The Bertz CT molecular complexity index is 569. The van der Waals surface area contributed by atoms with Crippen LogP contribution in [0.25, 0.3) is 0 Å². The first-order valence-electron chi connectivity index (χ1n) is 12.8. The smallest absolute Gasteiger partial charge is 0.548 e. The van der Waals surface area contributed by atoms with E-state index in [0.29, 0.717) is 37.9 Å². The number of hydrogen-bond donors (Lipinski definition) is 3. The first kappa shape index (κ1) is 33.8. The molecule has 1 aliphatic heterocycles. The zero-order valence-electron chi connectivity index (χ0n) is 23.2. The van der Waals surface area contributed by atoms with Crippen molar-refractivity contribution in [2.75, 3.05) is 52.9 Å². The largest absolute Gasteiger partial charge is 1.00 e. The second-order valence-corrected chi connectivity index (χ2v) is 11.1. The van der Waals surface area contributed by atoms with Crippen molar-refractivity contribution < 1.29 is 44.3 Å². The molecule has 0 spiro atoms. The summed E-state index contributed by atoms with van der Waals surface area (Å²) in [7, 11) is 2.11. The first-order valence-corrected chi connectivity index (χ1v) is 12.8. The minimum Gasteiger partial charge on any atom is -0.548 e. The fourth-order valence-electron chi connectivity index (χ4n) is 4.38. The predicted molar refractivity (Wildman–Crippen MR) is 133 cm³/mol. The summed E-state index contributed by atoms with van der Waals surface area (Å²) in [4.78, 5) is 28.7. The Kier molecular flexibility index (Phi) is 18.0. The van der Waals surface area contributed by atoms with Crippen LogP contribution in [-0.4, -0.2) is 92.7 Å². The standard InChI is InChI=1S/C25H51N5O3.Na/c1-18(2)12-21(15-27-23(25(32)33)14-20(5)6)26-16-22(13-19(3)4)28-24(31)17-30-10-8-29(7)9-11-30;/h18-23,26-27H,8-17H2,1-7H3,(H,28,31)(H,32,33);/q;+1/p-1/t21-,22-,23-;/m0./s1. The van der Waals surface area contributed by atoms with Crippen molar-refractivity contribution >= 4 is 11.9 Å². The third-order valence-electron chi connectivity index (χ3n) is 6.10. The molecule has 1 amide bonds. The molecule has 1 saturated heterocycles. The van der Waals surface area contributed by atoms with E-state index in [9.17, 15) is 14.7 Å². The van der Waals surface area contributed by atoms with Crippen LogP contribution in [0.3, 0.4) is 0 Å². The van der Waals surface area contributed by atoms with Crippen molar-refractivity contribution in [3.63, 3.8) is 0 Å². The molecule has 0 aliphatic carbocycles. The second-order valence-electron chi connectivity index (χ2n) is 11.1. The van der Waals surface area contributed by atoms with Gasteiger partial charge in [0, 0.05) is 57.4 Å². The molecule has 0 aromatic carbocycles. The van der Waals surface area contributed by atoms with Crippen molar-refractivity contribution in [1.82, 2.24) is 25.8 Å². The van der Waals surface area contributed by atoms with Crippen LogP contribution in [0.5, 0.6) is 0 Å². The molecule has 1 heterocycles.